The number of aryl methyl sites for hydroxylation is 1. The second kappa shape index (κ2) is 10.6. The van der Waals surface area contributed by atoms with Crippen LogP contribution in [-0.4, -0.2) is 43.7 Å². The van der Waals surface area contributed by atoms with Crippen LogP contribution in [0.4, 0.5) is 26.3 Å². The number of piperidine rings is 1. The molecule has 1 fully saturated rings. The highest BCUT2D eigenvalue weighted by molar-refractivity contribution is 5.80. The Bertz CT molecular complexity index is 1070. The summed E-state index contributed by atoms with van der Waals surface area (Å²) in [6.07, 6.45) is -6.08. The molecule has 0 bridgehead atoms. The van der Waals surface area contributed by atoms with Gasteiger partial charge in [0.05, 0.1) is 11.1 Å². The van der Waals surface area contributed by atoms with Gasteiger partial charge in [-0.3, -0.25) is 4.79 Å². The van der Waals surface area contributed by atoms with E-state index in [0.717, 1.165) is 38.8 Å². The number of benzene rings is 2. The minimum absolute atomic E-state index is 0.0657. The number of hydrogen-bond acceptors (Lipinski definition) is 3. The maximum absolute atomic E-state index is 13.1. The summed E-state index contributed by atoms with van der Waals surface area (Å²) in [6.45, 7) is 1.90. The molecular weight excluding hydrogens is 498 g/mol. The van der Waals surface area contributed by atoms with Gasteiger partial charge in [0, 0.05) is 20.2 Å². The van der Waals surface area contributed by atoms with Gasteiger partial charge in [0.15, 0.2) is 0 Å². The summed E-state index contributed by atoms with van der Waals surface area (Å²) < 4.78 is 83.8. The van der Waals surface area contributed by atoms with Crippen LogP contribution in [0.1, 0.15) is 53.5 Å². The molecule has 1 aliphatic carbocycles. The quantitative estimate of drug-likeness (QED) is 0.467. The number of hydrogen-bond donors (Lipinski definition) is 1. The summed E-state index contributed by atoms with van der Waals surface area (Å²) in [5.74, 6) is -0.577. The average Bonchev–Trinajstić information content (AvgIpc) is 3.21. The Morgan fingerprint density at radius 2 is 1.62 bits per heavy atom. The summed E-state index contributed by atoms with van der Waals surface area (Å²) in [7, 11) is 1.36. The third-order valence-corrected chi connectivity index (χ3v) is 7.67. The van der Waals surface area contributed by atoms with E-state index < -0.39 is 42.0 Å². The van der Waals surface area contributed by atoms with Crippen molar-refractivity contribution in [1.29, 1.82) is 0 Å². The van der Waals surface area contributed by atoms with E-state index in [1.165, 1.54) is 18.2 Å². The molecule has 1 heterocycles. The van der Waals surface area contributed by atoms with E-state index >= 15 is 0 Å². The summed E-state index contributed by atoms with van der Waals surface area (Å²) >= 11 is 0. The number of fused-ring (bicyclic) bond motifs is 2. The van der Waals surface area contributed by atoms with Crippen molar-refractivity contribution in [3.8, 4) is 0 Å². The van der Waals surface area contributed by atoms with Crippen LogP contribution in [0.15, 0.2) is 42.5 Å². The fourth-order valence-corrected chi connectivity index (χ4v) is 5.57. The Morgan fingerprint density at radius 1 is 1.00 bits per heavy atom. The first-order valence-corrected chi connectivity index (χ1v) is 12.3. The van der Waals surface area contributed by atoms with Crippen molar-refractivity contribution in [2.75, 3.05) is 26.7 Å². The van der Waals surface area contributed by atoms with Gasteiger partial charge in [-0.2, -0.15) is 26.3 Å². The van der Waals surface area contributed by atoms with Gasteiger partial charge in [-0.25, -0.2) is 0 Å². The van der Waals surface area contributed by atoms with E-state index in [1.54, 1.807) is 0 Å². The van der Waals surface area contributed by atoms with Crippen molar-refractivity contribution < 1.29 is 35.9 Å². The molecule has 1 unspecified atom stereocenters. The third kappa shape index (κ3) is 6.29. The molecule has 0 saturated carbocycles. The Hall–Kier alpha value is -2.59. The van der Waals surface area contributed by atoms with Crippen LogP contribution >= 0.6 is 0 Å². The summed E-state index contributed by atoms with van der Waals surface area (Å²) in [5.41, 5.74) is -0.0261. The maximum atomic E-state index is 13.1. The van der Waals surface area contributed by atoms with Crippen molar-refractivity contribution in [2.24, 2.45) is 0 Å². The number of alkyl halides is 6. The number of likely N-dealkylation sites (tertiary alicyclic amines) is 1. The van der Waals surface area contributed by atoms with Gasteiger partial charge in [0.2, 0.25) is 5.91 Å². The van der Waals surface area contributed by atoms with Crippen LogP contribution < -0.4 is 5.32 Å². The predicted octanol–water partition coefficient (Wildman–Crippen LogP) is 5.73. The molecule has 1 amide bonds. The second-order valence-electron chi connectivity index (χ2n) is 9.92. The Labute approximate surface area is 212 Å². The molecule has 1 atom stereocenters. The number of amides is 1. The lowest BCUT2D eigenvalue weighted by Crippen LogP contribution is -2.44. The average molecular weight is 529 g/mol. The zero-order valence-corrected chi connectivity index (χ0v) is 20.5. The van der Waals surface area contributed by atoms with E-state index in [1.807, 2.05) is 0 Å². The molecule has 2 aromatic rings. The molecule has 1 aliphatic heterocycles. The van der Waals surface area contributed by atoms with Gasteiger partial charge >= 0.3 is 12.4 Å². The SMILES string of the molecule is COC(CCN1CCC2(CCc3ccccc32)CC1)C(=O)NCc1cc(C(F)(F)F)cc(C(F)(F)F)c1. The highest BCUT2D eigenvalue weighted by Gasteiger charge is 2.41. The fourth-order valence-electron chi connectivity index (χ4n) is 5.57. The molecule has 1 saturated heterocycles. The number of methoxy groups -OCH3 is 1. The van der Waals surface area contributed by atoms with Crippen LogP contribution in [-0.2, 0) is 40.3 Å². The zero-order chi connectivity index (χ0) is 26.8. The van der Waals surface area contributed by atoms with Gasteiger partial charge in [0.1, 0.15) is 6.10 Å². The normalized spacial score (nSPS) is 18.6. The maximum Gasteiger partial charge on any atom is 0.416 e. The summed E-state index contributed by atoms with van der Waals surface area (Å²) in [6, 6.07) is 9.88. The first kappa shape index (κ1) is 27.4. The first-order valence-electron chi connectivity index (χ1n) is 12.3. The first-order chi connectivity index (χ1) is 17.4. The van der Waals surface area contributed by atoms with E-state index in [-0.39, 0.29) is 17.0 Å². The van der Waals surface area contributed by atoms with Crippen molar-refractivity contribution in [2.45, 2.75) is 62.5 Å². The lowest BCUT2D eigenvalue weighted by atomic mass is 9.74. The standard InChI is InChI=1S/C27H30F6N2O2/c1-37-23(7-11-35-12-9-25(10-13-35)8-6-19-4-2-3-5-22(19)25)24(36)34-17-18-14-20(26(28,29)30)16-21(15-18)27(31,32)33/h2-5,14-16,23H,6-13,17H2,1H3,(H,34,36). The number of carbonyl (C=O) groups is 1. The van der Waals surface area contributed by atoms with Gasteiger partial charge in [0.25, 0.3) is 0 Å². The van der Waals surface area contributed by atoms with Crippen molar-refractivity contribution in [3.63, 3.8) is 0 Å². The number of nitrogens with one attached hydrogen (secondary N) is 1. The molecule has 2 aliphatic rings. The molecule has 10 heteroatoms. The predicted molar refractivity (Wildman–Crippen MR) is 126 cm³/mol. The van der Waals surface area contributed by atoms with Gasteiger partial charge in [-0.05, 0) is 85.5 Å². The van der Waals surface area contributed by atoms with E-state index in [2.05, 4.69) is 34.5 Å². The van der Waals surface area contributed by atoms with Crippen LogP contribution in [0.5, 0.6) is 0 Å². The van der Waals surface area contributed by atoms with E-state index in [0.29, 0.717) is 25.1 Å². The number of carbonyl (C=O) groups excluding carboxylic acids is 1. The smallest absolute Gasteiger partial charge is 0.372 e. The highest BCUT2D eigenvalue weighted by atomic mass is 19.4. The highest BCUT2D eigenvalue weighted by Crippen LogP contribution is 2.46. The third-order valence-electron chi connectivity index (χ3n) is 7.67. The second-order valence-corrected chi connectivity index (χ2v) is 9.92. The number of ether oxygens (including phenoxy) is 1. The van der Waals surface area contributed by atoms with Crippen molar-refractivity contribution in [3.05, 3.63) is 70.3 Å². The minimum Gasteiger partial charge on any atom is -0.372 e. The van der Waals surface area contributed by atoms with Gasteiger partial charge in [-0.15, -0.1) is 0 Å². The monoisotopic (exact) mass is 528 g/mol. The molecule has 4 nitrogen and oxygen atoms in total. The van der Waals surface area contributed by atoms with Crippen molar-refractivity contribution in [1.82, 2.24) is 10.2 Å². The Kier molecular flexibility index (Phi) is 7.90. The Balaban J connectivity index is 1.31. The lowest BCUT2D eigenvalue weighted by molar-refractivity contribution is -0.143. The fraction of sp³-hybridized carbons (Fsp3) is 0.519. The van der Waals surface area contributed by atoms with Gasteiger partial charge in [-0.1, -0.05) is 24.3 Å². The summed E-state index contributed by atoms with van der Waals surface area (Å²) in [5, 5.41) is 2.43. The number of nitrogens with zero attached hydrogens (tertiary/aromatic N) is 1. The molecule has 2 aromatic carbocycles. The molecule has 4 rings (SSSR count). The molecule has 37 heavy (non-hydrogen) atoms. The molecule has 1 N–H and O–H groups in total. The van der Waals surface area contributed by atoms with Crippen LogP contribution in [0, 0.1) is 0 Å². The molecule has 1 spiro atoms. The van der Waals surface area contributed by atoms with E-state index in [9.17, 15) is 31.1 Å². The van der Waals surface area contributed by atoms with Crippen LogP contribution in [0.3, 0.4) is 0 Å². The molecule has 0 aromatic heterocycles. The molecule has 202 valence electrons. The number of rotatable bonds is 7. The largest absolute Gasteiger partial charge is 0.416 e. The van der Waals surface area contributed by atoms with E-state index in [4.69, 9.17) is 4.74 Å². The minimum atomic E-state index is -4.94. The topological polar surface area (TPSA) is 41.6 Å². The lowest BCUT2D eigenvalue weighted by Gasteiger charge is -2.40. The zero-order valence-electron chi connectivity index (χ0n) is 20.5. The Morgan fingerprint density at radius 3 is 2.22 bits per heavy atom. The number of halogens is 6. The molecular formula is C27H30F6N2O2. The van der Waals surface area contributed by atoms with Crippen molar-refractivity contribution >= 4 is 5.91 Å². The molecule has 0 radical (unpaired) electrons. The van der Waals surface area contributed by atoms with Crippen LogP contribution in [0.2, 0.25) is 0 Å². The van der Waals surface area contributed by atoms with Gasteiger partial charge < -0.3 is 15.0 Å². The summed E-state index contributed by atoms with van der Waals surface area (Å²) in [4.78, 5) is 14.9. The van der Waals surface area contributed by atoms with Crippen LogP contribution in [0.25, 0.3) is 0 Å².